The van der Waals surface area contributed by atoms with Crippen molar-refractivity contribution in [2.45, 2.75) is 66.2 Å². The molecule has 0 N–H and O–H groups in total. The molecule has 0 aliphatic rings. The Balaban J connectivity index is 4.34. The van der Waals surface area contributed by atoms with E-state index in [2.05, 4.69) is 44.8 Å². The lowest BCUT2D eigenvalue weighted by atomic mass is 10.0. The highest BCUT2D eigenvalue weighted by Gasteiger charge is 2.24. The molecule has 2 unspecified atom stereocenters. The summed E-state index contributed by atoms with van der Waals surface area (Å²) in [5.41, 5.74) is -0.459. The van der Waals surface area contributed by atoms with Crippen LogP contribution in [0.25, 0.3) is 0 Å². The van der Waals surface area contributed by atoms with Crippen LogP contribution in [0.4, 0.5) is 0 Å². The molecular formula is C13H28N2O. The Morgan fingerprint density at radius 3 is 2.00 bits per heavy atom. The summed E-state index contributed by atoms with van der Waals surface area (Å²) in [6.07, 6.45) is 1.98. The van der Waals surface area contributed by atoms with Crippen molar-refractivity contribution in [2.75, 3.05) is 7.11 Å². The summed E-state index contributed by atoms with van der Waals surface area (Å²) in [7, 11) is 1.70. The van der Waals surface area contributed by atoms with Gasteiger partial charge >= 0.3 is 0 Å². The van der Waals surface area contributed by atoms with E-state index in [9.17, 15) is 0 Å². The van der Waals surface area contributed by atoms with Crippen LogP contribution in [0.5, 0.6) is 0 Å². The first-order valence-electron chi connectivity index (χ1n) is 6.26. The van der Waals surface area contributed by atoms with Gasteiger partial charge in [0, 0.05) is 13.5 Å². The van der Waals surface area contributed by atoms with Crippen molar-refractivity contribution in [3.05, 3.63) is 0 Å². The van der Waals surface area contributed by atoms with Gasteiger partial charge in [-0.3, -0.25) is 0 Å². The van der Waals surface area contributed by atoms with Crippen LogP contribution in [0.3, 0.4) is 0 Å². The quantitative estimate of drug-likeness (QED) is 0.599. The van der Waals surface area contributed by atoms with Crippen molar-refractivity contribution in [3.8, 4) is 0 Å². The molecule has 96 valence electrons. The molecule has 0 spiro atoms. The Labute approximate surface area is 101 Å². The van der Waals surface area contributed by atoms with Gasteiger partial charge in [-0.25, -0.2) is 0 Å². The molecule has 16 heavy (non-hydrogen) atoms. The minimum absolute atomic E-state index is 0.279. The normalized spacial score (nSPS) is 18.3. The van der Waals surface area contributed by atoms with Crippen LogP contribution in [0.1, 0.15) is 54.4 Å². The van der Waals surface area contributed by atoms with E-state index >= 15 is 0 Å². The molecule has 2 atom stereocenters. The molecule has 0 aromatic heterocycles. The van der Waals surface area contributed by atoms with E-state index in [1.165, 1.54) is 0 Å². The van der Waals surface area contributed by atoms with Crippen LogP contribution in [0.2, 0.25) is 0 Å². The van der Waals surface area contributed by atoms with Crippen molar-refractivity contribution in [1.29, 1.82) is 0 Å². The van der Waals surface area contributed by atoms with Crippen molar-refractivity contribution >= 4 is 0 Å². The zero-order chi connectivity index (χ0) is 12.8. The highest BCUT2D eigenvalue weighted by molar-refractivity contribution is 4.72. The van der Waals surface area contributed by atoms with Gasteiger partial charge in [0.25, 0.3) is 0 Å². The van der Waals surface area contributed by atoms with E-state index in [0.717, 1.165) is 12.8 Å². The third kappa shape index (κ3) is 6.94. The first-order chi connectivity index (χ1) is 7.29. The molecule has 0 amide bonds. The van der Waals surface area contributed by atoms with Crippen molar-refractivity contribution in [2.24, 2.45) is 22.1 Å². The van der Waals surface area contributed by atoms with E-state index in [0.29, 0.717) is 11.8 Å². The Morgan fingerprint density at radius 1 is 1.06 bits per heavy atom. The monoisotopic (exact) mass is 228 g/mol. The molecular weight excluding hydrogens is 200 g/mol. The van der Waals surface area contributed by atoms with Crippen molar-refractivity contribution < 1.29 is 4.74 Å². The van der Waals surface area contributed by atoms with Gasteiger partial charge in [-0.15, -0.1) is 0 Å². The Bertz CT molecular complexity index is 214. The minimum Gasteiger partial charge on any atom is -0.356 e. The maximum absolute atomic E-state index is 5.44. The van der Waals surface area contributed by atoms with Crippen LogP contribution < -0.4 is 0 Å². The average Bonchev–Trinajstić information content (AvgIpc) is 2.13. The first-order valence-corrected chi connectivity index (χ1v) is 6.26. The fraction of sp³-hybridized carbons (Fsp3) is 1.00. The highest BCUT2D eigenvalue weighted by Crippen LogP contribution is 2.23. The number of hydrogen-bond donors (Lipinski definition) is 0. The number of nitrogens with zero attached hydrogens (tertiary/aromatic N) is 2. The molecule has 0 saturated carbocycles. The second kappa shape index (κ2) is 7.00. The highest BCUT2D eigenvalue weighted by atomic mass is 16.5. The number of rotatable bonds is 7. The molecule has 0 aromatic carbocycles. The smallest absolute Gasteiger partial charge is 0.175 e. The molecule has 3 heteroatoms. The third-order valence-corrected chi connectivity index (χ3v) is 2.51. The lowest BCUT2D eigenvalue weighted by Gasteiger charge is -2.24. The van der Waals surface area contributed by atoms with E-state index in [4.69, 9.17) is 4.74 Å². The first kappa shape index (κ1) is 15.6. The van der Waals surface area contributed by atoms with Crippen molar-refractivity contribution in [1.82, 2.24) is 0 Å². The third-order valence-electron chi connectivity index (χ3n) is 2.51. The van der Waals surface area contributed by atoms with Crippen LogP contribution >= 0.6 is 0 Å². The zero-order valence-electron chi connectivity index (χ0n) is 11.9. The second-order valence-electron chi connectivity index (χ2n) is 5.67. The van der Waals surface area contributed by atoms with Crippen LogP contribution in [-0.2, 0) is 4.74 Å². The molecule has 0 bridgehead atoms. The van der Waals surface area contributed by atoms with Gasteiger partial charge in [-0.2, -0.15) is 10.2 Å². The fourth-order valence-electron chi connectivity index (χ4n) is 1.87. The Morgan fingerprint density at radius 2 is 1.62 bits per heavy atom. The summed E-state index contributed by atoms with van der Waals surface area (Å²) in [5.74, 6) is 1.22. The molecule has 0 aliphatic carbocycles. The lowest BCUT2D eigenvalue weighted by Crippen LogP contribution is -2.26. The lowest BCUT2D eigenvalue weighted by molar-refractivity contribution is -0.0103. The summed E-state index contributed by atoms with van der Waals surface area (Å²) >= 11 is 0. The standard InChI is InChI=1S/C13H28N2O/c1-10(2)8-12(5)14-15-13(6,16-7)9-11(3)4/h10-12H,8-9H2,1-7H3. The van der Waals surface area contributed by atoms with Gasteiger partial charge in [0.2, 0.25) is 0 Å². The maximum atomic E-state index is 5.44. The van der Waals surface area contributed by atoms with Gasteiger partial charge in [-0.05, 0) is 32.1 Å². The van der Waals surface area contributed by atoms with Crippen molar-refractivity contribution in [3.63, 3.8) is 0 Å². The molecule has 0 aliphatic heterocycles. The topological polar surface area (TPSA) is 34.0 Å². The van der Waals surface area contributed by atoms with E-state index < -0.39 is 5.72 Å². The maximum Gasteiger partial charge on any atom is 0.175 e. The van der Waals surface area contributed by atoms with E-state index in [-0.39, 0.29) is 6.04 Å². The van der Waals surface area contributed by atoms with Gasteiger partial charge in [0.1, 0.15) is 0 Å². The zero-order valence-corrected chi connectivity index (χ0v) is 11.9. The fourth-order valence-corrected chi connectivity index (χ4v) is 1.87. The van der Waals surface area contributed by atoms with Crippen LogP contribution in [0.15, 0.2) is 10.2 Å². The van der Waals surface area contributed by atoms with E-state index in [1.807, 2.05) is 6.92 Å². The molecule has 3 nitrogen and oxygen atoms in total. The SMILES string of the molecule is COC(C)(CC(C)C)N=NC(C)CC(C)C. The second-order valence-corrected chi connectivity index (χ2v) is 5.67. The molecule has 0 radical (unpaired) electrons. The predicted octanol–water partition coefficient (Wildman–Crippen LogP) is 4.28. The molecule has 0 aromatic rings. The number of methoxy groups -OCH3 is 1. The number of hydrogen-bond acceptors (Lipinski definition) is 3. The molecule has 0 saturated heterocycles. The van der Waals surface area contributed by atoms with Gasteiger partial charge in [0.15, 0.2) is 5.72 Å². The molecule has 0 rings (SSSR count). The van der Waals surface area contributed by atoms with Gasteiger partial charge < -0.3 is 4.74 Å². The number of azo groups is 1. The number of ether oxygens (including phenoxy) is 1. The predicted molar refractivity (Wildman–Crippen MR) is 68.6 cm³/mol. The largest absolute Gasteiger partial charge is 0.356 e. The van der Waals surface area contributed by atoms with Gasteiger partial charge in [-0.1, -0.05) is 27.7 Å². The Kier molecular flexibility index (Phi) is 6.81. The summed E-state index contributed by atoms with van der Waals surface area (Å²) in [6, 6.07) is 0.279. The summed E-state index contributed by atoms with van der Waals surface area (Å²) in [5, 5.41) is 8.73. The Hall–Kier alpha value is -0.440. The summed E-state index contributed by atoms with van der Waals surface area (Å²) in [4.78, 5) is 0. The molecule has 0 fully saturated rings. The molecule has 0 heterocycles. The van der Waals surface area contributed by atoms with Crippen LogP contribution in [-0.4, -0.2) is 18.9 Å². The van der Waals surface area contributed by atoms with Crippen LogP contribution in [0, 0.1) is 11.8 Å². The summed E-state index contributed by atoms with van der Waals surface area (Å²) < 4.78 is 5.44. The van der Waals surface area contributed by atoms with E-state index in [1.54, 1.807) is 7.11 Å². The van der Waals surface area contributed by atoms with Gasteiger partial charge in [0.05, 0.1) is 6.04 Å². The average molecular weight is 228 g/mol. The minimum atomic E-state index is -0.459. The summed E-state index contributed by atoms with van der Waals surface area (Å²) in [6.45, 7) is 12.9.